The van der Waals surface area contributed by atoms with Gasteiger partial charge in [-0.05, 0) is 52.1 Å². The molecular weight excluding hydrogens is 246 g/mol. The summed E-state index contributed by atoms with van der Waals surface area (Å²) >= 11 is 0. The number of nitrogens with zero attached hydrogens (tertiary/aromatic N) is 2. The Kier molecular flexibility index (Phi) is 7.49. The Morgan fingerprint density at radius 2 is 1.85 bits per heavy atom. The summed E-state index contributed by atoms with van der Waals surface area (Å²) in [6, 6.07) is 0.660. The van der Waals surface area contributed by atoms with Crippen LogP contribution in [0.15, 0.2) is 0 Å². The minimum atomic E-state index is 0.238. The van der Waals surface area contributed by atoms with Gasteiger partial charge in [-0.2, -0.15) is 0 Å². The van der Waals surface area contributed by atoms with Crippen molar-refractivity contribution in [3.05, 3.63) is 0 Å². The van der Waals surface area contributed by atoms with Crippen molar-refractivity contribution >= 4 is 0 Å². The van der Waals surface area contributed by atoms with E-state index in [2.05, 4.69) is 44.4 Å². The molecule has 3 heteroatoms. The summed E-state index contributed by atoms with van der Waals surface area (Å²) in [5, 5.41) is 0. The lowest BCUT2D eigenvalue weighted by Crippen LogP contribution is -2.55. The van der Waals surface area contributed by atoms with Crippen molar-refractivity contribution in [1.29, 1.82) is 0 Å². The lowest BCUT2D eigenvalue weighted by molar-refractivity contribution is 0.0672. The quantitative estimate of drug-likeness (QED) is 0.780. The van der Waals surface area contributed by atoms with Crippen molar-refractivity contribution in [2.24, 2.45) is 11.7 Å². The second-order valence-electron chi connectivity index (χ2n) is 6.96. The molecule has 1 rings (SSSR count). The molecule has 20 heavy (non-hydrogen) atoms. The monoisotopic (exact) mass is 283 g/mol. The number of nitrogens with two attached hydrogens (primary N) is 1. The zero-order valence-corrected chi connectivity index (χ0v) is 14.5. The first-order valence-corrected chi connectivity index (χ1v) is 8.68. The van der Waals surface area contributed by atoms with Gasteiger partial charge in [0.15, 0.2) is 0 Å². The fourth-order valence-electron chi connectivity index (χ4n) is 3.53. The number of hydrogen-bond acceptors (Lipinski definition) is 3. The fourth-order valence-corrected chi connectivity index (χ4v) is 3.53. The molecule has 0 aromatic rings. The van der Waals surface area contributed by atoms with E-state index in [1.165, 1.54) is 45.3 Å². The van der Waals surface area contributed by atoms with Gasteiger partial charge in [0.05, 0.1) is 0 Å². The zero-order chi connectivity index (χ0) is 15.2. The molecule has 1 aliphatic heterocycles. The SMILES string of the molecule is CCC(C)CN(CC)C1(CN)CCCN(C(C)C)CC1. The molecule has 0 aromatic heterocycles. The van der Waals surface area contributed by atoms with E-state index in [1.807, 2.05) is 0 Å². The van der Waals surface area contributed by atoms with E-state index in [1.54, 1.807) is 0 Å². The van der Waals surface area contributed by atoms with E-state index in [0.29, 0.717) is 6.04 Å². The molecule has 3 nitrogen and oxygen atoms in total. The predicted molar refractivity (Wildman–Crippen MR) is 89.0 cm³/mol. The molecule has 0 radical (unpaired) electrons. The van der Waals surface area contributed by atoms with Gasteiger partial charge >= 0.3 is 0 Å². The van der Waals surface area contributed by atoms with Gasteiger partial charge in [-0.15, -0.1) is 0 Å². The fraction of sp³-hybridized carbons (Fsp3) is 1.00. The molecule has 0 bridgehead atoms. The van der Waals surface area contributed by atoms with Crippen LogP contribution >= 0.6 is 0 Å². The van der Waals surface area contributed by atoms with Gasteiger partial charge in [0.25, 0.3) is 0 Å². The van der Waals surface area contributed by atoms with Crippen molar-refractivity contribution in [3.8, 4) is 0 Å². The molecule has 120 valence electrons. The van der Waals surface area contributed by atoms with Crippen LogP contribution in [0.5, 0.6) is 0 Å². The van der Waals surface area contributed by atoms with Crippen LogP contribution in [0, 0.1) is 5.92 Å². The van der Waals surface area contributed by atoms with Crippen LogP contribution in [0.1, 0.15) is 60.3 Å². The average molecular weight is 284 g/mol. The predicted octanol–water partition coefficient (Wildman–Crippen LogP) is 2.95. The molecule has 0 saturated carbocycles. The molecule has 2 unspecified atom stereocenters. The van der Waals surface area contributed by atoms with E-state index >= 15 is 0 Å². The largest absolute Gasteiger partial charge is 0.329 e. The summed E-state index contributed by atoms with van der Waals surface area (Å²) in [6.45, 7) is 17.2. The molecule has 0 aliphatic carbocycles. The van der Waals surface area contributed by atoms with Crippen molar-refractivity contribution in [1.82, 2.24) is 9.80 Å². The second-order valence-corrected chi connectivity index (χ2v) is 6.96. The third-order valence-corrected chi connectivity index (χ3v) is 5.34. The maximum absolute atomic E-state index is 6.26. The Morgan fingerprint density at radius 3 is 2.35 bits per heavy atom. The lowest BCUT2D eigenvalue weighted by Gasteiger charge is -2.44. The zero-order valence-electron chi connectivity index (χ0n) is 14.5. The van der Waals surface area contributed by atoms with Gasteiger partial charge in [-0.3, -0.25) is 4.90 Å². The lowest BCUT2D eigenvalue weighted by atomic mass is 9.87. The minimum absolute atomic E-state index is 0.238. The van der Waals surface area contributed by atoms with Crippen LogP contribution in [0.3, 0.4) is 0 Å². The van der Waals surface area contributed by atoms with Crippen LogP contribution in [0.25, 0.3) is 0 Å². The van der Waals surface area contributed by atoms with Gasteiger partial charge in [0.1, 0.15) is 0 Å². The minimum Gasteiger partial charge on any atom is -0.329 e. The maximum atomic E-state index is 6.26. The van der Waals surface area contributed by atoms with Gasteiger partial charge in [0.2, 0.25) is 0 Å². The third-order valence-electron chi connectivity index (χ3n) is 5.34. The average Bonchev–Trinajstić information content (AvgIpc) is 2.67. The molecule has 1 heterocycles. The summed E-state index contributed by atoms with van der Waals surface area (Å²) in [6.07, 6.45) is 5.03. The maximum Gasteiger partial charge on any atom is 0.0344 e. The van der Waals surface area contributed by atoms with E-state index in [9.17, 15) is 0 Å². The Bertz CT molecular complexity index is 267. The highest BCUT2D eigenvalue weighted by molar-refractivity contribution is 4.95. The number of rotatable bonds is 7. The van der Waals surface area contributed by atoms with Crippen LogP contribution in [0.2, 0.25) is 0 Å². The van der Waals surface area contributed by atoms with E-state index in [4.69, 9.17) is 5.73 Å². The smallest absolute Gasteiger partial charge is 0.0344 e. The van der Waals surface area contributed by atoms with Gasteiger partial charge < -0.3 is 10.6 Å². The summed E-state index contributed by atoms with van der Waals surface area (Å²) in [5.74, 6) is 0.767. The van der Waals surface area contributed by atoms with Crippen LogP contribution in [-0.2, 0) is 0 Å². The molecule has 0 aromatic carbocycles. The Morgan fingerprint density at radius 1 is 1.15 bits per heavy atom. The standard InChI is InChI=1S/C17H37N3/c1-6-16(5)13-20(7-2)17(14-18)9-8-11-19(12-10-17)15(3)4/h15-16H,6-14,18H2,1-5H3. The molecule has 1 fully saturated rings. The summed E-state index contributed by atoms with van der Waals surface area (Å²) in [4.78, 5) is 5.31. The molecule has 0 spiro atoms. The highest BCUT2D eigenvalue weighted by Gasteiger charge is 2.36. The van der Waals surface area contributed by atoms with E-state index in [0.717, 1.165) is 19.0 Å². The third kappa shape index (κ3) is 4.44. The first kappa shape index (κ1) is 17.9. The molecule has 2 N–H and O–H groups in total. The Labute approximate surface area is 126 Å². The van der Waals surface area contributed by atoms with E-state index < -0.39 is 0 Å². The van der Waals surface area contributed by atoms with Crippen molar-refractivity contribution in [3.63, 3.8) is 0 Å². The van der Waals surface area contributed by atoms with Gasteiger partial charge in [-0.25, -0.2) is 0 Å². The summed E-state index contributed by atoms with van der Waals surface area (Å²) < 4.78 is 0. The molecule has 0 amide bonds. The van der Waals surface area contributed by atoms with Crippen LogP contribution in [-0.4, -0.2) is 54.1 Å². The summed E-state index contributed by atoms with van der Waals surface area (Å²) in [7, 11) is 0. The Hall–Kier alpha value is -0.120. The number of likely N-dealkylation sites (tertiary alicyclic amines) is 1. The topological polar surface area (TPSA) is 32.5 Å². The van der Waals surface area contributed by atoms with E-state index in [-0.39, 0.29) is 5.54 Å². The molecular formula is C17H37N3. The van der Waals surface area contributed by atoms with Crippen LogP contribution in [0.4, 0.5) is 0 Å². The number of hydrogen-bond donors (Lipinski definition) is 1. The summed E-state index contributed by atoms with van der Waals surface area (Å²) in [5.41, 5.74) is 6.50. The molecule has 2 atom stereocenters. The highest BCUT2D eigenvalue weighted by Crippen LogP contribution is 2.30. The van der Waals surface area contributed by atoms with Crippen molar-refractivity contribution in [2.45, 2.75) is 71.9 Å². The Balaban J connectivity index is 2.78. The van der Waals surface area contributed by atoms with Crippen molar-refractivity contribution in [2.75, 3.05) is 32.7 Å². The normalized spacial score (nSPS) is 27.0. The molecule has 1 aliphatic rings. The van der Waals surface area contributed by atoms with Crippen LogP contribution < -0.4 is 5.73 Å². The van der Waals surface area contributed by atoms with Gasteiger partial charge in [0, 0.05) is 31.2 Å². The second kappa shape index (κ2) is 8.35. The first-order chi connectivity index (χ1) is 9.49. The van der Waals surface area contributed by atoms with Crippen molar-refractivity contribution < 1.29 is 0 Å². The highest BCUT2D eigenvalue weighted by atomic mass is 15.2. The van der Waals surface area contributed by atoms with Gasteiger partial charge in [-0.1, -0.05) is 27.2 Å². The number of likely N-dealkylation sites (N-methyl/N-ethyl adjacent to an activating group) is 1. The molecule has 1 saturated heterocycles. The first-order valence-electron chi connectivity index (χ1n) is 8.68.